The Labute approximate surface area is 226 Å². The van der Waals surface area contributed by atoms with Crippen molar-refractivity contribution in [1.82, 2.24) is 4.98 Å². The van der Waals surface area contributed by atoms with Gasteiger partial charge in [-0.1, -0.05) is 54.6 Å². The van der Waals surface area contributed by atoms with Crippen LogP contribution in [0.2, 0.25) is 0 Å². The van der Waals surface area contributed by atoms with E-state index in [9.17, 15) is 14.7 Å². The number of rotatable bonds is 7. The molecule has 194 valence electrons. The number of amides is 2. The normalized spacial score (nSPS) is 11.6. The fraction of sp³-hybridized carbons (Fsp3) is 0.0938. The van der Waals surface area contributed by atoms with Crippen LogP contribution in [0.25, 0.3) is 10.8 Å². The summed E-state index contributed by atoms with van der Waals surface area (Å²) in [4.78, 5) is 35.2. The molecule has 1 unspecified atom stereocenters. The summed E-state index contributed by atoms with van der Waals surface area (Å²) in [6.07, 6.45) is 0.925. The number of para-hydroxylation sites is 2. The Morgan fingerprint density at radius 1 is 0.821 bits per heavy atom. The topological polar surface area (TPSA) is 99.8 Å². The maximum Gasteiger partial charge on any atom is 0.258 e. The highest BCUT2D eigenvalue weighted by atomic mass is 16.3. The number of nitrogen functional groups attached to an aromatic ring is 1. The van der Waals surface area contributed by atoms with E-state index in [1.54, 1.807) is 54.4 Å². The quantitative estimate of drug-likeness (QED) is 0.281. The minimum absolute atomic E-state index is 0.225. The summed E-state index contributed by atoms with van der Waals surface area (Å²) in [5.41, 5.74) is 8.98. The molecule has 1 atom stereocenters. The third-order valence-electron chi connectivity index (χ3n) is 6.52. The second-order valence-electron chi connectivity index (χ2n) is 9.19. The Hall–Kier alpha value is -5.01. The molecule has 0 saturated carbocycles. The van der Waals surface area contributed by atoms with Crippen molar-refractivity contribution in [1.29, 1.82) is 0 Å². The van der Waals surface area contributed by atoms with Crippen LogP contribution < -0.4 is 15.5 Å². The molecule has 7 heteroatoms. The number of nitrogens with two attached hydrogens (primary N) is 1. The lowest BCUT2D eigenvalue weighted by atomic mass is 10.1. The molecule has 0 spiro atoms. The highest BCUT2D eigenvalue weighted by Crippen LogP contribution is 2.29. The Morgan fingerprint density at radius 3 is 2.18 bits per heavy atom. The summed E-state index contributed by atoms with van der Waals surface area (Å²) in [5.74, 6) is -0.328. The number of benzene rings is 4. The molecule has 4 aromatic carbocycles. The fourth-order valence-corrected chi connectivity index (χ4v) is 4.51. The van der Waals surface area contributed by atoms with Crippen LogP contribution in [0.3, 0.4) is 0 Å². The molecule has 3 N–H and O–H groups in total. The summed E-state index contributed by atoms with van der Waals surface area (Å²) in [5, 5.41) is 11.7. The number of nitrogens with zero attached hydrogens (tertiary/aromatic N) is 3. The van der Waals surface area contributed by atoms with Gasteiger partial charge in [-0.3, -0.25) is 19.4 Å². The molecule has 5 aromatic rings. The van der Waals surface area contributed by atoms with Crippen molar-refractivity contribution >= 4 is 45.5 Å². The standard InChI is InChI=1S/C32H28N4O3/c1-22(37)24-9-8-14-28(19-24)36(27-12-6-3-7-13-27)30(38)21-35(26-10-4-2-5-11-26)32(39)25-16-15-23-17-18-34-31(33)29(23)20-25/h2-20,22,37H,21H2,1H3,(H2,33,34). The summed E-state index contributed by atoms with van der Waals surface area (Å²) in [6.45, 7) is 1.45. The average molecular weight is 517 g/mol. The van der Waals surface area contributed by atoms with Gasteiger partial charge in [-0.2, -0.15) is 0 Å². The van der Waals surface area contributed by atoms with Crippen molar-refractivity contribution in [2.75, 3.05) is 22.1 Å². The number of carbonyl (C=O) groups excluding carboxylic acids is 2. The molecule has 0 bridgehead atoms. The molecular formula is C32H28N4O3. The molecule has 2 amide bonds. The van der Waals surface area contributed by atoms with Crippen molar-refractivity contribution in [2.24, 2.45) is 0 Å². The minimum atomic E-state index is -0.699. The molecule has 7 nitrogen and oxygen atoms in total. The minimum Gasteiger partial charge on any atom is -0.389 e. The first-order valence-electron chi connectivity index (χ1n) is 12.6. The molecule has 0 aliphatic carbocycles. The SMILES string of the molecule is CC(O)c1cccc(N(C(=O)CN(C(=O)c2ccc3ccnc(N)c3c2)c2ccccc2)c2ccccc2)c1. The van der Waals surface area contributed by atoms with Crippen LogP contribution in [0.15, 0.2) is 115 Å². The number of carbonyl (C=O) groups is 2. The summed E-state index contributed by atoms with van der Waals surface area (Å²) < 4.78 is 0. The molecule has 0 saturated heterocycles. The molecule has 39 heavy (non-hydrogen) atoms. The van der Waals surface area contributed by atoms with Gasteiger partial charge >= 0.3 is 0 Å². The van der Waals surface area contributed by atoms with E-state index in [0.29, 0.717) is 39.4 Å². The van der Waals surface area contributed by atoms with Crippen molar-refractivity contribution in [2.45, 2.75) is 13.0 Å². The van der Waals surface area contributed by atoms with E-state index in [4.69, 9.17) is 5.73 Å². The van der Waals surface area contributed by atoms with Crippen LogP contribution in [0.5, 0.6) is 0 Å². The molecule has 0 aliphatic heterocycles. The molecule has 0 fully saturated rings. The molecule has 0 radical (unpaired) electrons. The van der Waals surface area contributed by atoms with E-state index in [-0.39, 0.29) is 18.4 Å². The van der Waals surface area contributed by atoms with Crippen LogP contribution in [-0.2, 0) is 4.79 Å². The van der Waals surface area contributed by atoms with Gasteiger partial charge in [0.05, 0.1) is 6.10 Å². The van der Waals surface area contributed by atoms with E-state index in [2.05, 4.69) is 4.98 Å². The first kappa shape index (κ1) is 25.6. The van der Waals surface area contributed by atoms with Gasteiger partial charge in [-0.05, 0) is 72.5 Å². The van der Waals surface area contributed by atoms with Gasteiger partial charge in [-0.15, -0.1) is 0 Å². The zero-order valence-corrected chi connectivity index (χ0v) is 21.4. The van der Waals surface area contributed by atoms with Gasteiger partial charge in [0.15, 0.2) is 0 Å². The van der Waals surface area contributed by atoms with Crippen molar-refractivity contribution < 1.29 is 14.7 Å². The third kappa shape index (κ3) is 5.49. The maximum absolute atomic E-state index is 14.1. The van der Waals surface area contributed by atoms with Crippen molar-refractivity contribution in [3.63, 3.8) is 0 Å². The Balaban J connectivity index is 1.55. The lowest BCUT2D eigenvalue weighted by Gasteiger charge is -2.28. The molecule has 1 heterocycles. The number of fused-ring (bicyclic) bond motifs is 1. The Morgan fingerprint density at radius 2 is 1.49 bits per heavy atom. The van der Waals surface area contributed by atoms with E-state index < -0.39 is 6.10 Å². The van der Waals surface area contributed by atoms with Crippen molar-refractivity contribution in [3.8, 4) is 0 Å². The largest absolute Gasteiger partial charge is 0.389 e. The van der Waals surface area contributed by atoms with Crippen LogP contribution in [-0.4, -0.2) is 28.4 Å². The highest BCUT2D eigenvalue weighted by molar-refractivity contribution is 6.13. The lowest BCUT2D eigenvalue weighted by Crippen LogP contribution is -2.41. The number of hydrogen-bond acceptors (Lipinski definition) is 5. The van der Waals surface area contributed by atoms with E-state index >= 15 is 0 Å². The van der Waals surface area contributed by atoms with Crippen LogP contribution in [0.1, 0.15) is 28.9 Å². The summed E-state index contributed by atoms with van der Waals surface area (Å²) >= 11 is 0. The predicted octanol–water partition coefficient (Wildman–Crippen LogP) is 5.88. The second-order valence-corrected chi connectivity index (χ2v) is 9.19. The molecule has 5 rings (SSSR count). The number of anilines is 4. The van der Waals surface area contributed by atoms with Gasteiger partial charge in [0.1, 0.15) is 12.4 Å². The summed E-state index contributed by atoms with van der Waals surface area (Å²) in [6, 6.07) is 32.6. The van der Waals surface area contributed by atoms with Gasteiger partial charge in [-0.25, -0.2) is 4.98 Å². The predicted molar refractivity (Wildman–Crippen MR) is 155 cm³/mol. The van der Waals surface area contributed by atoms with Gasteiger partial charge in [0, 0.05) is 34.2 Å². The molecule has 1 aromatic heterocycles. The monoisotopic (exact) mass is 516 g/mol. The zero-order chi connectivity index (χ0) is 27.4. The number of aliphatic hydroxyl groups is 1. The van der Waals surface area contributed by atoms with Crippen LogP contribution >= 0.6 is 0 Å². The van der Waals surface area contributed by atoms with Gasteiger partial charge in [0.2, 0.25) is 0 Å². The number of hydrogen-bond donors (Lipinski definition) is 2. The van der Waals surface area contributed by atoms with E-state index in [1.165, 1.54) is 4.90 Å². The molecule has 0 aliphatic rings. The number of pyridine rings is 1. The lowest BCUT2D eigenvalue weighted by molar-refractivity contribution is -0.116. The van der Waals surface area contributed by atoms with Crippen molar-refractivity contribution in [3.05, 3.63) is 127 Å². The average Bonchev–Trinajstić information content (AvgIpc) is 2.97. The first-order chi connectivity index (χ1) is 18.9. The smallest absolute Gasteiger partial charge is 0.258 e. The maximum atomic E-state index is 14.1. The number of aliphatic hydroxyl groups excluding tert-OH is 1. The van der Waals surface area contributed by atoms with Crippen LogP contribution in [0, 0.1) is 0 Å². The van der Waals surface area contributed by atoms with Crippen LogP contribution in [0.4, 0.5) is 22.9 Å². The first-order valence-corrected chi connectivity index (χ1v) is 12.6. The van der Waals surface area contributed by atoms with E-state index in [1.807, 2.05) is 72.8 Å². The van der Waals surface area contributed by atoms with Gasteiger partial charge in [0.25, 0.3) is 11.8 Å². The fourth-order valence-electron chi connectivity index (χ4n) is 4.51. The van der Waals surface area contributed by atoms with E-state index in [0.717, 1.165) is 5.39 Å². The third-order valence-corrected chi connectivity index (χ3v) is 6.52. The van der Waals surface area contributed by atoms with Gasteiger partial charge < -0.3 is 10.8 Å². The number of aromatic nitrogens is 1. The Bertz CT molecular complexity index is 1620. The second kappa shape index (κ2) is 11.2. The highest BCUT2D eigenvalue weighted by Gasteiger charge is 2.26. The molecular weight excluding hydrogens is 488 g/mol. The summed E-state index contributed by atoms with van der Waals surface area (Å²) in [7, 11) is 0. The Kier molecular flexibility index (Phi) is 7.34. The zero-order valence-electron chi connectivity index (χ0n) is 21.4.